The minimum absolute atomic E-state index is 0.0255. The molecule has 1 aliphatic carbocycles. The Morgan fingerprint density at radius 1 is 1.05 bits per heavy atom. The summed E-state index contributed by atoms with van der Waals surface area (Å²) >= 11 is 0. The maximum Gasteiger partial charge on any atom is 0.317 e. The molecule has 0 radical (unpaired) electrons. The lowest BCUT2D eigenvalue weighted by Crippen LogP contribution is -2.45. The molecule has 0 bridgehead atoms. The summed E-state index contributed by atoms with van der Waals surface area (Å²) in [5.41, 5.74) is 0. The fourth-order valence-corrected chi connectivity index (χ4v) is 3.50. The average molecular weight is 296 g/mol. The third kappa shape index (κ3) is 5.21. The Hall–Kier alpha value is -1.26. The Labute approximate surface area is 127 Å². The molecule has 2 rings (SSSR count). The molecule has 2 fully saturated rings. The van der Waals surface area contributed by atoms with Gasteiger partial charge in [0.15, 0.2) is 0 Å². The molecule has 0 aromatic heterocycles. The van der Waals surface area contributed by atoms with Crippen molar-refractivity contribution in [3.8, 4) is 0 Å². The molecular formula is C16H28N2O3. The van der Waals surface area contributed by atoms with Gasteiger partial charge in [-0.2, -0.15) is 0 Å². The van der Waals surface area contributed by atoms with Crippen LogP contribution in [0.5, 0.6) is 0 Å². The highest BCUT2D eigenvalue weighted by atomic mass is 16.4. The van der Waals surface area contributed by atoms with E-state index in [-0.39, 0.29) is 11.9 Å². The summed E-state index contributed by atoms with van der Waals surface area (Å²) in [6, 6.07) is -0.0255. The minimum Gasteiger partial charge on any atom is -0.481 e. The standard InChI is InChI=1S/C16H28N2O3/c19-15(20)14-8-11-18(12-9-14)16(21)17-10-4-7-13-5-2-1-3-6-13/h13-14H,1-12H2,(H,17,21)(H,19,20). The van der Waals surface area contributed by atoms with Gasteiger partial charge in [0.05, 0.1) is 5.92 Å². The number of piperidine rings is 1. The minimum atomic E-state index is -0.734. The first kappa shape index (κ1) is 16.1. The van der Waals surface area contributed by atoms with Gasteiger partial charge in [0, 0.05) is 19.6 Å². The van der Waals surface area contributed by atoms with Gasteiger partial charge >= 0.3 is 12.0 Å². The molecule has 2 amide bonds. The van der Waals surface area contributed by atoms with Crippen molar-refractivity contribution in [2.45, 2.75) is 57.8 Å². The summed E-state index contributed by atoms with van der Waals surface area (Å²) in [7, 11) is 0. The maximum atomic E-state index is 12.0. The molecular weight excluding hydrogens is 268 g/mol. The number of nitrogens with zero attached hydrogens (tertiary/aromatic N) is 1. The van der Waals surface area contributed by atoms with Crippen LogP contribution in [0, 0.1) is 11.8 Å². The summed E-state index contributed by atoms with van der Waals surface area (Å²) in [6.07, 6.45) is 10.3. The Balaban J connectivity index is 1.56. The molecule has 1 saturated heterocycles. The first-order valence-corrected chi connectivity index (χ1v) is 8.42. The molecule has 0 aromatic carbocycles. The second-order valence-electron chi connectivity index (χ2n) is 6.48. The molecule has 0 unspecified atom stereocenters. The predicted octanol–water partition coefficient (Wildman–Crippen LogP) is 2.85. The largest absolute Gasteiger partial charge is 0.481 e. The van der Waals surface area contributed by atoms with E-state index in [1.807, 2.05) is 0 Å². The summed E-state index contributed by atoms with van der Waals surface area (Å²) in [5.74, 6) is -0.148. The van der Waals surface area contributed by atoms with Crippen LogP contribution in [0.3, 0.4) is 0 Å². The van der Waals surface area contributed by atoms with E-state index in [1.54, 1.807) is 4.90 Å². The van der Waals surface area contributed by atoms with E-state index in [4.69, 9.17) is 5.11 Å². The average Bonchev–Trinajstić information content (AvgIpc) is 2.52. The Kier molecular flexibility index (Phi) is 6.33. The highest BCUT2D eigenvalue weighted by molar-refractivity contribution is 5.75. The van der Waals surface area contributed by atoms with Crippen LogP contribution in [0.4, 0.5) is 4.79 Å². The molecule has 1 heterocycles. The number of urea groups is 1. The van der Waals surface area contributed by atoms with E-state index in [0.29, 0.717) is 25.9 Å². The molecule has 2 aliphatic rings. The van der Waals surface area contributed by atoms with Crippen LogP contribution >= 0.6 is 0 Å². The number of nitrogens with one attached hydrogen (secondary N) is 1. The van der Waals surface area contributed by atoms with Crippen LogP contribution < -0.4 is 5.32 Å². The van der Waals surface area contributed by atoms with Crippen molar-refractivity contribution in [3.63, 3.8) is 0 Å². The first-order chi connectivity index (χ1) is 10.2. The van der Waals surface area contributed by atoms with Crippen LogP contribution in [-0.4, -0.2) is 41.6 Å². The number of amides is 2. The Bertz CT molecular complexity index is 345. The quantitative estimate of drug-likeness (QED) is 0.766. The van der Waals surface area contributed by atoms with Gasteiger partial charge in [-0.3, -0.25) is 4.79 Å². The lowest BCUT2D eigenvalue weighted by atomic mass is 9.86. The monoisotopic (exact) mass is 296 g/mol. The number of hydrogen-bond donors (Lipinski definition) is 2. The highest BCUT2D eigenvalue weighted by Gasteiger charge is 2.26. The van der Waals surface area contributed by atoms with Gasteiger partial charge in [0.1, 0.15) is 0 Å². The van der Waals surface area contributed by atoms with E-state index in [9.17, 15) is 9.59 Å². The van der Waals surface area contributed by atoms with Crippen LogP contribution in [-0.2, 0) is 4.79 Å². The second kappa shape index (κ2) is 8.25. The molecule has 2 N–H and O–H groups in total. The van der Waals surface area contributed by atoms with Gasteiger partial charge < -0.3 is 15.3 Å². The Morgan fingerprint density at radius 3 is 2.33 bits per heavy atom. The fraction of sp³-hybridized carbons (Fsp3) is 0.875. The summed E-state index contributed by atoms with van der Waals surface area (Å²) < 4.78 is 0. The number of carbonyl (C=O) groups is 2. The zero-order valence-electron chi connectivity index (χ0n) is 12.9. The van der Waals surface area contributed by atoms with Crippen LogP contribution in [0.2, 0.25) is 0 Å². The number of carboxylic acids is 1. The highest BCUT2D eigenvalue weighted by Crippen LogP contribution is 2.27. The maximum absolute atomic E-state index is 12.0. The molecule has 21 heavy (non-hydrogen) atoms. The second-order valence-corrected chi connectivity index (χ2v) is 6.48. The fourth-order valence-electron chi connectivity index (χ4n) is 3.50. The van der Waals surface area contributed by atoms with Crippen LogP contribution in [0.1, 0.15) is 57.8 Å². The summed E-state index contributed by atoms with van der Waals surface area (Å²) in [6.45, 7) is 1.87. The van der Waals surface area contributed by atoms with Crippen molar-refractivity contribution in [1.82, 2.24) is 10.2 Å². The van der Waals surface area contributed by atoms with Crippen molar-refractivity contribution in [3.05, 3.63) is 0 Å². The molecule has 120 valence electrons. The lowest BCUT2D eigenvalue weighted by molar-refractivity contribution is -0.143. The van der Waals surface area contributed by atoms with Gasteiger partial charge in [-0.1, -0.05) is 32.1 Å². The number of hydrogen-bond acceptors (Lipinski definition) is 2. The third-order valence-corrected chi connectivity index (χ3v) is 4.92. The van der Waals surface area contributed by atoms with Gasteiger partial charge in [-0.15, -0.1) is 0 Å². The number of carboxylic acid groups (broad SMARTS) is 1. The number of aliphatic carboxylic acids is 1. The predicted molar refractivity (Wildman–Crippen MR) is 81.1 cm³/mol. The molecule has 0 atom stereocenters. The van der Waals surface area contributed by atoms with E-state index in [0.717, 1.165) is 18.9 Å². The molecule has 1 saturated carbocycles. The zero-order chi connectivity index (χ0) is 15.1. The van der Waals surface area contributed by atoms with E-state index in [2.05, 4.69) is 5.32 Å². The van der Waals surface area contributed by atoms with Gasteiger partial charge in [0.25, 0.3) is 0 Å². The Morgan fingerprint density at radius 2 is 1.71 bits per heavy atom. The topological polar surface area (TPSA) is 69.6 Å². The molecule has 0 spiro atoms. The van der Waals surface area contributed by atoms with E-state index >= 15 is 0 Å². The molecule has 1 aliphatic heterocycles. The van der Waals surface area contributed by atoms with Gasteiger partial charge in [0.2, 0.25) is 0 Å². The normalized spacial score (nSPS) is 21.2. The zero-order valence-corrected chi connectivity index (χ0v) is 12.9. The third-order valence-electron chi connectivity index (χ3n) is 4.92. The van der Waals surface area contributed by atoms with Crippen molar-refractivity contribution in [2.24, 2.45) is 11.8 Å². The van der Waals surface area contributed by atoms with Crippen molar-refractivity contribution in [2.75, 3.05) is 19.6 Å². The first-order valence-electron chi connectivity index (χ1n) is 8.42. The summed E-state index contributed by atoms with van der Waals surface area (Å²) in [5, 5.41) is 11.9. The molecule has 5 heteroatoms. The van der Waals surface area contributed by atoms with Crippen LogP contribution in [0.15, 0.2) is 0 Å². The summed E-state index contributed by atoms with van der Waals surface area (Å²) in [4.78, 5) is 24.6. The number of likely N-dealkylation sites (tertiary alicyclic amines) is 1. The van der Waals surface area contributed by atoms with E-state index in [1.165, 1.54) is 38.5 Å². The molecule has 0 aromatic rings. The van der Waals surface area contributed by atoms with E-state index < -0.39 is 5.97 Å². The van der Waals surface area contributed by atoms with Gasteiger partial charge in [-0.05, 0) is 31.6 Å². The molecule has 5 nitrogen and oxygen atoms in total. The van der Waals surface area contributed by atoms with Crippen molar-refractivity contribution in [1.29, 1.82) is 0 Å². The van der Waals surface area contributed by atoms with Crippen molar-refractivity contribution >= 4 is 12.0 Å². The van der Waals surface area contributed by atoms with Crippen LogP contribution in [0.25, 0.3) is 0 Å². The SMILES string of the molecule is O=C(O)C1CCN(C(=O)NCCCC2CCCCC2)CC1. The lowest BCUT2D eigenvalue weighted by Gasteiger charge is -2.30. The number of carbonyl (C=O) groups excluding carboxylic acids is 1. The van der Waals surface area contributed by atoms with Crippen molar-refractivity contribution < 1.29 is 14.7 Å². The smallest absolute Gasteiger partial charge is 0.317 e. The number of rotatable bonds is 5. The van der Waals surface area contributed by atoms with Gasteiger partial charge in [-0.25, -0.2) is 4.79 Å².